The van der Waals surface area contributed by atoms with Crippen LogP contribution in [0.5, 0.6) is 0 Å². The minimum atomic E-state index is -2.30. The second-order valence-corrected chi connectivity index (χ2v) is 11.0. The van der Waals surface area contributed by atoms with E-state index in [1.54, 1.807) is 0 Å². The van der Waals surface area contributed by atoms with Gasteiger partial charge in [0.1, 0.15) is 0 Å². The number of hydrogen-bond acceptors (Lipinski definition) is 3. The molecule has 0 N–H and O–H groups in total. The number of nitrogens with zero attached hydrogens (tertiary/aromatic N) is 1. The van der Waals surface area contributed by atoms with Gasteiger partial charge in [-0.25, -0.2) is 0 Å². The molecule has 2 aliphatic rings. The molecule has 2 fully saturated rings. The first-order valence-electron chi connectivity index (χ1n) is 12.1. The summed E-state index contributed by atoms with van der Waals surface area (Å²) in [6, 6.07) is 31.2. The summed E-state index contributed by atoms with van der Waals surface area (Å²) in [4.78, 5) is 0. The molecular formula is C29H35BNO3-. The van der Waals surface area contributed by atoms with Crippen LogP contribution in [0.2, 0.25) is 0 Å². The summed E-state index contributed by atoms with van der Waals surface area (Å²) >= 11 is 0. The quantitative estimate of drug-likeness (QED) is 0.437. The second-order valence-electron chi connectivity index (χ2n) is 11.0. The molecule has 0 saturated heterocycles. The molecule has 3 unspecified atom stereocenters. The molecule has 0 heterocycles. The maximum atomic E-state index is 11.9. The van der Waals surface area contributed by atoms with E-state index < -0.39 is 18.3 Å². The van der Waals surface area contributed by atoms with Crippen molar-refractivity contribution in [3.05, 3.63) is 108 Å². The smallest absolute Gasteiger partial charge is 0.0675 e. The van der Waals surface area contributed by atoms with Crippen LogP contribution in [0, 0.1) is 5.92 Å². The van der Waals surface area contributed by atoms with Crippen molar-refractivity contribution in [3.8, 4) is 0 Å². The predicted molar refractivity (Wildman–Crippen MR) is 134 cm³/mol. The Morgan fingerprint density at radius 2 is 1.21 bits per heavy atom. The lowest BCUT2D eigenvalue weighted by Gasteiger charge is -2.55. The lowest BCUT2D eigenvalue weighted by molar-refractivity contribution is -0.849. The van der Waals surface area contributed by atoms with Gasteiger partial charge in [0, 0.05) is 5.92 Å². The molecule has 2 aliphatic carbocycles. The van der Waals surface area contributed by atoms with Crippen LogP contribution in [0.25, 0.3) is 0 Å². The van der Waals surface area contributed by atoms with Gasteiger partial charge in [0.25, 0.3) is 0 Å². The van der Waals surface area contributed by atoms with E-state index in [2.05, 4.69) is 76.7 Å². The van der Waals surface area contributed by atoms with Crippen LogP contribution in [0.1, 0.15) is 41.9 Å². The Kier molecular flexibility index (Phi) is 7.02. The van der Waals surface area contributed by atoms with E-state index in [9.17, 15) is 10.0 Å². The van der Waals surface area contributed by atoms with Crippen LogP contribution in [0.4, 0.5) is 0 Å². The Hall–Kier alpha value is -2.44. The molecule has 3 aromatic rings. The first kappa shape index (κ1) is 24.7. The van der Waals surface area contributed by atoms with Gasteiger partial charge >= 0.3 is 0 Å². The van der Waals surface area contributed by atoms with E-state index >= 15 is 0 Å². The van der Waals surface area contributed by atoms with Gasteiger partial charge in [-0.3, -0.25) is 0 Å². The third kappa shape index (κ3) is 4.58. The summed E-state index contributed by atoms with van der Waals surface area (Å²) in [5.41, 5.74) is 2.09. The molecule has 5 rings (SSSR count). The van der Waals surface area contributed by atoms with Gasteiger partial charge in [-0.1, -0.05) is 91.0 Å². The standard InChI is InChI=1S/C25H23BO3.C4H12N/c27-26(28)29-24-17-16-20(18-24)23(19-10-4-1-5-11-19)25(24,21-12-6-2-7-13-21)22-14-8-3-9-15-22;1-5(2,3)4/h1-15,20,23H,16-18H2;1-4H3/q-2;+1. The Bertz CT molecular complexity index is 1010. The minimum Gasteiger partial charge on any atom is -0.871 e. The minimum absolute atomic E-state index is 0.140. The second kappa shape index (κ2) is 9.67. The van der Waals surface area contributed by atoms with E-state index in [0.717, 1.165) is 34.9 Å². The van der Waals surface area contributed by atoms with Crippen LogP contribution >= 0.6 is 0 Å². The Morgan fingerprint density at radius 3 is 1.65 bits per heavy atom. The average Bonchev–Trinajstić information content (AvgIpc) is 3.33. The topological polar surface area (TPSA) is 55.3 Å². The Balaban J connectivity index is 0.000000499. The lowest BCUT2D eigenvalue weighted by atomic mass is 9.55. The number of fused-ring (bicyclic) bond motifs is 2. The average molecular weight is 456 g/mol. The van der Waals surface area contributed by atoms with Crippen molar-refractivity contribution >= 4 is 7.32 Å². The first-order valence-corrected chi connectivity index (χ1v) is 12.1. The van der Waals surface area contributed by atoms with Gasteiger partial charge < -0.3 is 19.2 Å². The van der Waals surface area contributed by atoms with Gasteiger partial charge in [0.15, 0.2) is 0 Å². The van der Waals surface area contributed by atoms with Crippen LogP contribution in [-0.4, -0.2) is 45.6 Å². The van der Waals surface area contributed by atoms with E-state index in [1.807, 2.05) is 42.5 Å². The highest BCUT2D eigenvalue weighted by molar-refractivity contribution is 6.28. The van der Waals surface area contributed by atoms with Crippen molar-refractivity contribution in [2.24, 2.45) is 5.92 Å². The molecule has 34 heavy (non-hydrogen) atoms. The van der Waals surface area contributed by atoms with Crippen molar-refractivity contribution in [2.75, 3.05) is 28.2 Å². The Labute approximate surface area is 204 Å². The number of hydrogen-bond donors (Lipinski definition) is 0. The molecule has 0 amide bonds. The highest BCUT2D eigenvalue weighted by atomic mass is 16.6. The molecule has 5 heteroatoms. The molecule has 4 nitrogen and oxygen atoms in total. The monoisotopic (exact) mass is 456 g/mol. The first-order chi connectivity index (χ1) is 16.2. The summed E-state index contributed by atoms with van der Waals surface area (Å²) in [6.07, 6.45) is 2.43. The fourth-order valence-electron chi connectivity index (χ4n) is 6.35. The fourth-order valence-corrected chi connectivity index (χ4v) is 6.35. The number of benzene rings is 3. The van der Waals surface area contributed by atoms with Crippen LogP contribution in [0.15, 0.2) is 91.0 Å². The van der Waals surface area contributed by atoms with Crippen molar-refractivity contribution in [2.45, 2.75) is 36.2 Å². The van der Waals surface area contributed by atoms with Crippen molar-refractivity contribution in [1.82, 2.24) is 0 Å². The zero-order valence-electron chi connectivity index (χ0n) is 20.7. The van der Waals surface area contributed by atoms with Gasteiger partial charge in [0.2, 0.25) is 0 Å². The number of rotatable bonds is 5. The van der Waals surface area contributed by atoms with E-state index in [1.165, 1.54) is 5.56 Å². The summed E-state index contributed by atoms with van der Waals surface area (Å²) in [5, 5.41) is 23.8. The molecule has 2 bridgehead atoms. The maximum Gasteiger partial charge on any atom is 0.0675 e. The lowest BCUT2D eigenvalue weighted by Crippen LogP contribution is -2.61. The maximum absolute atomic E-state index is 11.9. The molecule has 3 aromatic carbocycles. The third-order valence-corrected chi connectivity index (χ3v) is 7.11. The van der Waals surface area contributed by atoms with Crippen LogP contribution in [0.3, 0.4) is 0 Å². The normalized spacial score (nSPS) is 24.9. The Morgan fingerprint density at radius 1 is 0.765 bits per heavy atom. The molecule has 0 aliphatic heterocycles. The van der Waals surface area contributed by atoms with Gasteiger partial charge in [-0.05, 0) is 41.9 Å². The highest BCUT2D eigenvalue weighted by Crippen LogP contribution is 2.70. The molecule has 0 radical (unpaired) electrons. The van der Waals surface area contributed by atoms with Crippen molar-refractivity contribution < 1.29 is 19.2 Å². The van der Waals surface area contributed by atoms with Gasteiger partial charge in [-0.2, -0.15) is 0 Å². The zero-order chi connectivity index (χ0) is 24.4. The predicted octanol–water partition coefficient (Wildman–Crippen LogP) is 3.35. The van der Waals surface area contributed by atoms with E-state index in [4.69, 9.17) is 4.65 Å². The summed E-state index contributed by atoms with van der Waals surface area (Å²) in [6.45, 7) is 0. The molecule has 178 valence electrons. The third-order valence-electron chi connectivity index (χ3n) is 7.11. The summed E-state index contributed by atoms with van der Waals surface area (Å²) in [5.74, 6) is 0.498. The van der Waals surface area contributed by atoms with E-state index in [-0.39, 0.29) is 5.92 Å². The SMILES string of the molecule is C[N+](C)(C)C.[O-]B([O-])OC12CCC(C1)C(c1ccccc1)C2(c1ccccc1)c1ccccc1. The highest BCUT2D eigenvalue weighted by Gasteiger charge is 2.68. The summed E-state index contributed by atoms with van der Waals surface area (Å²) in [7, 11) is 6.20. The number of quaternary nitrogens is 1. The van der Waals surface area contributed by atoms with Crippen LogP contribution < -0.4 is 10.0 Å². The molecule has 0 spiro atoms. The molecule has 3 atom stereocenters. The molecular weight excluding hydrogens is 421 g/mol. The fraction of sp³-hybridized carbons (Fsp3) is 0.379. The van der Waals surface area contributed by atoms with Gasteiger partial charge in [-0.15, -0.1) is 0 Å². The van der Waals surface area contributed by atoms with Crippen molar-refractivity contribution in [3.63, 3.8) is 0 Å². The van der Waals surface area contributed by atoms with Crippen molar-refractivity contribution in [1.29, 1.82) is 0 Å². The molecule has 2 saturated carbocycles. The largest absolute Gasteiger partial charge is 0.871 e. The summed E-state index contributed by atoms with van der Waals surface area (Å²) < 4.78 is 6.86. The van der Waals surface area contributed by atoms with E-state index in [0.29, 0.717) is 5.92 Å². The zero-order valence-corrected chi connectivity index (χ0v) is 20.7. The van der Waals surface area contributed by atoms with Gasteiger partial charge in [0.05, 0.1) is 46.5 Å². The van der Waals surface area contributed by atoms with Crippen LogP contribution in [-0.2, 0) is 10.1 Å². The molecule has 0 aromatic heterocycles.